The first-order chi connectivity index (χ1) is 13.4. The van der Waals surface area contributed by atoms with Crippen LogP contribution in [0, 0.1) is 0 Å². The van der Waals surface area contributed by atoms with E-state index in [1.54, 1.807) is 48.8 Å². The zero-order chi connectivity index (χ0) is 19.7. The van der Waals surface area contributed by atoms with Gasteiger partial charge < -0.3 is 5.11 Å². The van der Waals surface area contributed by atoms with Crippen LogP contribution in [0.4, 0.5) is 13.2 Å². The maximum atomic E-state index is 12.7. The van der Waals surface area contributed by atoms with Crippen molar-refractivity contribution >= 4 is 5.90 Å². The summed E-state index contributed by atoms with van der Waals surface area (Å²) in [6.45, 7) is 0. The summed E-state index contributed by atoms with van der Waals surface area (Å²) in [5, 5.41) is 16.2. The highest BCUT2D eigenvalue weighted by atomic mass is 19.4. The summed E-state index contributed by atoms with van der Waals surface area (Å²) in [7, 11) is 0. The van der Waals surface area contributed by atoms with Crippen molar-refractivity contribution in [3.63, 3.8) is 0 Å². The Kier molecular flexibility index (Phi) is 4.63. The van der Waals surface area contributed by atoms with E-state index in [-0.39, 0.29) is 17.7 Å². The van der Waals surface area contributed by atoms with Crippen molar-refractivity contribution in [3.8, 4) is 0 Å². The van der Waals surface area contributed by atoms with Gasteiger partial charge in [-0.15, -0.1) is 0 Å². The van der Waals surface area contributed by atoms with Gasteiger partial charge in [-0.2, -0.15) is 13.2 Å². The van der Waals surface area contributed by atoms with Crippen molar-refractivity contribution < 1.29 is 23.0 Å². The van der Waals surface area contributed by atoms with Gasteiger partial charge in [-0.1, -0.05) is 47.1 Å². The molecular formula is C22H17F3N2O. The van der Waals surface area contributed by atoms with Gasteiger partial charge in [-0.05, 0) is 52.2 Å². The lowest BCUT2D eigenvalue weighted by molar-refractivity contribution is -0.681. The summed E-state index contributed by atoms with van der Waals surface area (Å²) < 4.78 is 39.5. The maximum absolute atomic E-state index is 12.7. The van der Waals surface area contributed by atoms with Crippen molar-refractivity contribution in [2.45, 2.75) is 24.4 Å². The smallest absolute Gasteiger partial charge is 0.416 e. The van der Waals surface area contributed by atoms with Crippen molar-refractivity contribution in [1.29, 1.82) is 0 Å². The Bertz CT molecular complexity index is 981. The van der Waals surface area contributed by atoms with Crippen LogP contribution < -0.4 is 9.78 Å². The van der Waals surface area contributed by atoms with Crippen LogP contribution >= 0.6 is 0 Å². The first-order valence-electron chi connectivity index (χ1n) is 8.91. The molecule has 1 aliphatic carbocycles. The predicted octanol–water partition coefficient (Wildman–Crippen LogP) is 3.83. The third-order valence-electron chi connectivity index (χ3n) is 4.95. The number of benzene rings is 2. The highest BCUT2D eigenvalue weighted by Gasteiger charge is 2.40. The Hall–Kier alpha value is -3.15. The number of aromatic nitrogens is 1. The molecule has 1 heterocycles. The average molecular weight is 382 g/mol. The minimum Gasteiger partial charge on any atom is -0.854 e. The van der Waals surface area contributed by atoms with E-state index >= 15 is 0 Å². The van der Waals surface area contributed by atoms with E-state index in [4.69, 9.17) is 0 Å². The molecule has 3 nitrogen and oxygen atoms in total. The van der Waals surface area contributed by atoms with E-state index in [9.17, 15) is 18.3 Å². The fraction of sp³-hybridized carbons (Fsp3) is 0.182. The lowest BCUT2D eigenvalue weighted by Crippen LogP contribution is -2.33. The number of nitrogens with zero attached hydrogens (tertiary/aromatic N) is 2. The molecule has 0 saturated heterocycles. The highest BCUT2D eigenvalue weighted by molar-refractivity contribution is 5.90. The number of pyridine rings is 1. The van der Waals surface area contributed by atoms with Gasteiger partial charge in [0.05, 0.1) is 11.5 Å². The molecule has 3 aromatic rings. The molecule has 1 fully saturated rings. The SMILES string of the molecule is [O-]C(=N[n+]1ccccc1)c1ccc(C2CC2c2ccc(C(F)(F)F)cc2)cc1. The van der Waals surface area contributed by atoms with Crippen LogP contribution in [0.1, 0.15) is 40.5 Å². The molecule has 28 heavy (non-hydrogen) atoms. The number of hydrogen-bond acceptors (Lipinski definition) is 2. The molecule has 0 spiro atoms. The van der Waals surface area contributed by atoms with Crippen LogP contribution in [0.25, 0.3) is 0 Å². The second-order valence-electron chi connectivity index (χ2n) is 6.85. The van der Waals surface area contributed by atoms with Gasteiger partial charge in [0.1, 0.15) is 0 Å². The summed E-state index contributed by atoms with van der Waals surface area (Å²) >= 11 is 0. The summed E-state index contributed by atoms with van der Waals surface area (Å²) in [5.41, 5.74) is 1.85. The zero-order valence-corrected chi connectivity index (χ0v) is 14.8. The molecular weight excluding hydrogens is 365 g/mol. The fourth-order valence-electron chi connectivity index (χ4n) is 3.34. The van der Waals surface area contributed by atoms with Gasteiger partial charge >= 0.3 is 6.18 Å². The van der Waals surface area contributed by atoms with Crippen molar-refractivity contribution in [3.05, 3.63) is 101 Å². The molecule has 2 unspecified atom stereocenters. The van der Waals surface area contributed by atoms with Gasteiger partial charge in [0.15, 0.2) is 0 Å². The topological polar surface area (TPSA) is 39.3 Å². The van der Waals surface area contributed by atoms with Crippen LogP contribution in [0.3, 0.4) is 0 Å². The molecule has 0 radical (unpaired) electrons. The molecule has 0 N–H and O–H groups in total. The second-order valence-corrected chi connectivity index (χ2v) is 6.85. The normalized spacial score (nSPS) is 19.5. The van der Waals surface area contributed by atoms with E-state index in [0.29, 0.717) is 5.56 Å². The Morgan fingerprint density at radius 1 is 0.857 bits per heavy atom. The molecule has 0 aliphatic heterocycles. The van der Waals surface area contributed by atoms with Crippen molar-refractivity contribution in [2.24, 2.45) is 5.10 Å². The number of hydrogen-bond donors (Lipinski definition) is 0. The second kappa shape index (κ2) is 7.11. The van der Waals surface area contributed by atoms with Crippen LogP contribution in [-0.4, -0.2) is 5.90 Å². The predicted molar refractivity (Wildman–Crippen MR) is 96.6 cm³/mol. The third kappa shape index (κ3) is 3.91. The summed E-state index contributed by atoms with van der Waals surface area (Å²) in [4.78, 5) is 0. The van der Waals surface area contributed by atoms with E-state index in [1.807, 2.05) is 18.2 Å². The molecule has 4 rings (SSSR count). The minimum atomic E-state index is -4.31. The first kappa shape index (κ1) is 18.2. The Morgan fingerprint density at radius 3 is 1.93 bits per heavy atom. The van der Waals surface area contributed by atoms with Gasteiger partial charge in [0, 0.05) is 12.1 Å². The minimum absolute atomic E-state index is 0.216. The summed E-state index contributed by atoms with van der Waals surface area (Å²) in [5.74, 6) is 0.146. The monoisotopic (exact) mass is 382 g/mol. The number of rotatable bonds is 4. The fourth-order valence-corrected chi connectivity index (χ4v) is 3.34. The molecule has 2 atom stereocenters. The largest absolute Gasteiger partial charge is 0.854 e. The number of halogens is 3. The van der Waals surface area contributed by atoms with E-state index in [1.165, 1.54) is 4.68 Å². The Balaban J connectivity index is 1.45. The number of alkyl halides is 3. The maximum Gasteiger partial charge on any atom is 0.416 e. The van der Waals surface area contributed by atoms with Crippen LogP contribution in [0.15, 0.2) is 84.2 Å². The average Bonchev–Trinajstić information content (AvgIpc) is 3.49. The molecule has 1 saturated carbocycles. The third-order valence-corrected chi connectivity index (χ3v) is 4.95. The van der Waals surface area contributed by atoms with Gasteiger partial charge in [-0.25, -0.2) is 0 Å². The van der Waals surface area contributed by atoms with E-state index < -0.39 is 11.7 Å². The van der Waals surface area contributed by atoms with E-state index in [2.05, 4.69) is 5.10 Å². The van der Waals surface area contributed by atoms with Crippen LogP contribution in [0.2, 0.25) is 0 Å². The van der Waals surface area contributed by atoms with Gasteiger partial charge in [0.2, 0.25) is 12.4 Å². The summed E-state index contributed by atoms with van der Waals surface area (Å²) in [6.07, 6.45) is -0.0495. The Morgan fingerprint density at radius 2 is 1.39 bits per heavy atom. The standard InChI is InChI=1S/C22H17F3N2O/c23-22(24,25)18-10-8-16(9-11-18)20-14-19(20)15-4-6-17(7-5-15)21(28)26-27-12-2-1-3-13-27/h1-13,19-20H,14H2. The highest BCUT2D eigenvalue weighted by Crippen LogP contribution is 2.54. The van der Waals surface area contributed by atoms with Gasteiger partial charge in [0.25, 0.3) is 0 Å². The van der Waals surface area contributed by atoms with Crippen molar-refractivity contribution in [2.75, 3.05) is 0 Å². The lowest BCUT2D eigenvalue weighted by atomic mass is 10.0. The molecule has 142 valence electrons. The zero-order valence-electron chi connectivity index (χ0n) is 14.8. The van der Waals surface area contributed by atoms with Crippen molar-refractivity contribution in [1.82, 2.24) is 0 Å². The van der Waals surface area contributed by atoms with Crippen LogP contribution in [0.5, 0.6) is 0 Å². The van der Waals surface area contributed by atoms with E-state index in [0.717, 1.165) is 29.7 Å². The molecule has 0 amide bonds. The molecule has 1 aliphatic rings. The molecule has 6 heteroatoms. The molecule has 2 aromatic carbocycles. The van der Waals surface area contributed by atoms with Gasteiger partial charge in [-0.3, -0.25) is 0 Å². The molecule has 0 bridgehead atoms. The Labute approximate surface area is 160 Å². The quantitative estimate of drug-likeness (QED) is 0.384. The van der Waals surface area contributed by atoms with Crippen LogP contribution in [-0.2, 0) is 6.18 Å². The lowest BCUT2D eigenvalue weighted by Gasteiger charge is -2.09. The summed E-state index contributed by atoms with van der Waals surface area (Å²) in [6, 6.07) is 18.1. The molecule has 1 aromatic heterocycles. The first-order valence-corrected chi connectivity index (χ1v) is 8.91.